The van der Waals surface area contributed by atoms with Crippen LogP contribution >= 0.6 is 0 Å². The number of hydrogen-bond donors (Lipinski definition) is 0. The van der Waals surface area contributed by atoms with Gasteiger partial charge in [0.1, 0.15) is 11.7 Å². The van der Waals surface area contributed by atoms with Gasteiger partial charge in [-0.15, -0.1) is 0 Å². The third kappa shape index (κ3) is 2.06. The zero-order chi connectivity index (χ0) is 8.97. The minimum atomic E-state index is -0.475. The highest BCUT2D eigenvalue weighted by atomic mass is 16.5. The fraction of sp³-hybridized carbons (Fsp3) is 0.778. The third-order valence-electron chi connectivity index (χ3n) is 2.29. The molecule has 0 aliphatic heterocycles. The molecule has 0 heterocycles. The van der Waals surface area contributed by atoms with Gasteiger partial charge >= 0.3 is 5.97 Å². The van der Waals surface area contributed by atoms with Crippen LogP contribution in [0, 0.1) is 5.92 Å². The smallest absolute Gasteiger partial charge is 0.316 e. The quantitative estimate of drug-likeness (QED) is 0.338. The van der Waals surface area contributed by atoms with Crippen LogP contribution in [-0.4, -0.2) is 18.9 Å². The molecule has 0 amide bonds. The van der Waals surface area contributed by atoms with Gasteiger partial charge in [-0.3, -0.25) is 9.59 Å². The zero-order valence-corrected chi connectivity index (χ0v) is 7.34. The number of esters is 1. The summed E-state index contributed by atoms with van der Waals surface area (Å²) in [4.78, 5) is 22.4. The lowest BCUT2D eigenvalue weighted by molar-refractivity contribution is -0.149. The standard InChI is InChI=1S/C9H14O3/c1-12-9(11)7-5-3-2-4-6-8(7)10/h7H,2-6H2,1H3/t7-/m1/s1. The Labute approximate surface area is 72.1 Å². The van der Waals surface area contributed by atoms with E-state index in [9.17, 15) is 9.59 Å². The van der Waals surface area contributed by atoms with E-state index >= 15 is 0 Å². The second-order valence-electron chi connectivity index (χ2n) is 3.14. The Kier molecular flexibility index (Phi) is 3.26. The van der Waals surface area contributed by atoms with Gasteiger partial charge in [0.2, 0.25) is 0 Å². The van der Waals surface area contributed by atoms with Gasteiger partial charge in [-0.05, 0) is 12.8 Å². The van der Waals surface area contributed by atoms with Gasteiger partial charge < -0.3 is 4.74 Å². The number of hydrogen-bond acceptors (Lipinski definition) is 3. The minimum Gasteiger partial charge on any atom is -0.468 e. The van der Waals surface area contributed by atoms with Crippen molar-refractivity contribution in [1.82, 2.24) is 0 Å². The van der Waals surface area contributed by atoms with Crippen molar-refractivity contribution in [3.8, 4) is 0 Å². The van der Waals surface area contributed by atoms with Crippen molar-refractivity contribution in [3.05, 3.63) is 0 Å². The van der Waals surface area contributed by atoms with Gasteiger partial charge in [0, 0.05) is 6.42 Å². The van der Waals surface area contributed by atoms with Crippen molar-refractivity contribution in [2.24, 2.45) is 5.92 Å². The molecule has 0 aromatic heterocycles. The molecule has 0 aromatic carbocycles. The molecule has 1 atom stereocenters. The van der Waals surface area contributed by atoms with E-state index in [0.717, 1.165) is 19.3 Å². The lowest BCUT2D eigenvalue weighted by Gasteiger charge is -2.08. The largest absolute Gasteiger partial charge is 0.468 e. The van der Waals surface area contributed by atoms with Crippen LogP contribution in [-0.2, 0) is 14.3 Å². The summed E-state index contributed by atoms with van der Waals surface area (Å²) in [5.41, 5.74) is 0. The molecular weight excluding hydrogens is 156 g/mol. The Morgan fingerprint density at radius 2 is 2.17 bits per heavy atom. The fourth-order valence-corrected chi connectivity index (χ4v) is 1.55. The number of Topliss-reactive ketones (excluding diaryl/α,β-unsaturated/α-hetero) is 1. The van der Waals surface area contributed by atoms with Crippen molar-refractivity contribution in [3.63, 3.8) is 0 Å². The van der Waals surface area contributed by atoms with E-state index in [1.165, 1.54) is 7.11 Å². The second-order valence-corrected chi connectivity index (χ2v) is 3.14. The SMILES string of the molecule is COC(=O)[C@@H]1CCCCCC1=O. The average molecular weight is 170 g/mol. The van der Waals surface area contributed by atoms with Crippen LogP contribution in [0.25, 0.3) is 0 Å². The molecule has 1 rings (SSSR count). The van der Waals surface area contributed by atoms with E-state index in [2.05, 4.69) is 4.74 Å². The Hall–Kier alpha value is -0.860. The molecule has 0 N–H and O–H groups in total. The summed E-state index contributed by atoms with van der Waals surface area (Å²) in [6, 6.07) is 0. The number of rotatable bonds is 1. The summed E-state index contributed by atoms with van der Waals surface area (Å²) in [5, 5.41) is 0. The summed E-state index contributed by atoms with van der Waals surface area (Å²) >= 11 is 0. The van der Waals surface area contributed by atoms with Crippen molar-refractivity contribution in [1.29, 1.82) is 0 Å². The first kappa shape index (κ1) is 9.23. The van der Waals surface area contributed by atoms with E-state index in [0.29, 0.717) is 12.8 Å². The normalized spacial score (nSPS) is 24.8. The van der Waals surface area contributed by atoms with Crippen LogP contribution in [0.3, 0.4) is 0 Å². The maximum Gasteiger partial charge on any atom is 0.316 e. The molecule has 0 saturated heterocycles. The lowest BCUT2D eigenvalue weighted by atomic mass is 9.99. The first-order valence-electron chi connectivity index (χ1n) is 4.36. The molecule has 0 radical (unpaired) electrons. The van der Waals surface area contributed by atoms with Gasteiger partial charge in [-0.2, -0.15) is 0 Å². The molecule has 0 aromatic rings. The maximum atomic E-state index is 11.3. The van der Waals surface area contributed by atoms with E-state index in [-0.39, 0.29) is 11.8 Å². The van der Waals surface area contributed by atoms with Crippen LogP contribution in [0.4, 0.5) is 0 Å². The molecule has 12 heavy (non-hydrogen) atoms. The van der Waals surface area contributed by atoms with Crippen molar-refractivity contribution >= 4 is 11.8 Å². The molecule has 1 aliphatic carbocycles. The minimum absolute atomic E-state index is 0.0550. The number of ether oxygens (including phenoxy) is 1. The Morgan fingerprint density at radius 1 is 1.42 bits per heavy atom. The number of methoxy groups -OCH3 is 1. The molecular formula is C9H14O3. The first-order valence-corrected chi connectivity index (χ1v) is 4.36. The Morgan fingerprint density at radius 3 is 2.83 bits per heavy atom. The van der Waals surface area contributed by atoms with E-state index in [1.54, 1.807) is 0 Å². The van der Waals surface area contributed by atoms with Gasteiger partial charge in [-0.1, -0.05) is 12.8 Å². The summed E-state index contributed by atoms with van der Waals surface area (Å²) < 4.78 is 4.56. The monoisotopic (exact) mass is 170 g/mol. The molecule has 1 fully saturated rings. The van der Waals surface area contributed by atoms with Crippen molar-refractivity contribution in [2.45, 2.75) is 32.1 Å². The van der Waals surface area contributed by atoms with Gasteiger partial charge in [-0.25, -0.2) is 0 Å². The molecule has 0 bridgehead atoms. The van der Waals surface area contributed by atoms with E-state index in [1.807, 2.05) is 0 Å². The molecule has 68 valence electrons. The Bertz CT molecular complexity index is 186. The average Bonchev–Trinajstić information content (AvgIpc) is 2.28. The van der Waals surface area contributed by atoms with Gasteiger partial charge in [0.05, 0.1) is 7.11 Å². The van der Waals surface area contributed by atoms with E-state index in [4.69, 9.17) is 0 Å². The number of carbonyl (C=O) groups excluding carboxylic acids is 2. The number of ketones is 1. The predicted molar refractivity (Wildman–Crippen MR) is 43.6 cm³/mol. The summed E-state index contributed by atoms with van der Waals surface area (Å²) in [7, 11) is 1.33. The van der Waals surface area contributed by atoms with E-state index < -0.39 is 5.92 Å². The Balaban J connectivity index is 2.59. The second kappa shape index (κ2) is 4.24. The zero-order valence-electron chi connectivity index (χ0n) is 7.34. The molecule has 1 aliphatic rings. The van der Waals surface area contributed by atoms with Crippen LogP contribution in [0.2, 0.25) is 0 Å². The van der Waals surface area contributed by atoms with Crippen molar-refractivity contribution < 1.29 is 14.3 Å². The van der Waals surface area contributed by atoms with Crippen LogP contribution in [0.1, 0.15) is 32.1 Å². The predicted octanol–water partition coefficient (Wildman–Crippen LogP) is 1.31. The highest BCUT2D eigenvalue weighted by molar-refractivity contribution is 5.99. The first-order chi connectivity index (χ1) is 5.75. The third-order valence-corrected chi connectivity index (χ3v) is 2.29. The summed E-state index contributed by atoms with van der Waals surface area (Å²) in [6.07, 6.45) is 4.16. The molecule has 0 unspecified atom stereocenters. The van der Waals surface area contributed by atoms with Crippen LogP contribution in [0.15, 0.2) is 0 Å². The summed E-state index contributed by atoms with van der Waals surface area (Å²) in [6.45, 7) is 0. The highest BCUT2D eigenvalue weighted by Gasteiger charge is 2.27. The van der Waals surface area contributed by atoms with Crippen LogP contribution in [0.5, 0.6) is 0 Å². The summed E-state index contributed by atoms with van der Waals surface area (Å²) in [5.74, 6) is -0.779. The van der Waals surface area contributed by atoms with Crippen molar-refractivity contribution in [2.75, 3.05) is 7.11 Å². The maximum absolute atomic E-state index is 11.3. The molecule has 1 saturated carbocycles. The molecule has 3 heteroatoms. The number of carbonyl (C=O) groups is 2. The van der Waals surface area contributed by atoms with Gasteiger partial charge in [0.25, 0.3) is 0 Å². The molecule has 0 spiro atoms. The highest BCUT2D eigenvalue weighted by Crippen LogP contribution is 2.20. The fourth-order valence-electron chi connectivity index (χ4n) is 1.55. The van der Waals surface area contributed by atoms with Gasteiger partial charge in [0.15, 0.2) is 0 Å². The topological polar surface area (TPSA) is 43.4 Å². The molecule has 3 nitrogen and oxygen atoms in total. The lowest BCUT2D eigenvalue weighted by Crippen LogP contribution is -2.23. The van der Waals surface area contributed by atoms with Crippen LogP contribution < -0.4 is 0 Å².